The van der Waals surface area contributed by atoms with E-state index in [1.54, 1.807) is 36.5 Å². The van der Waals surface area contributed by atoms with E-state index < -0.39 is 60.4 Å². The Hall–Kier alpha value is -9.66. The van der Waals surface area contributed by atoms with Crippen molar-refractivity contribution in [2.24, 2.45) is 0 Å². The lowest BCUT2D eigenvalue weighted by Gasteiger charge is -2.20. The summed E-state index contributed by atoms with van der Waals surface area (Å²) in [7, 11) is 0. The number of aromatic nitrogens is 5. The average Bonchev–Trinajstić information content (AvgIpc) is 3.83. The summed E-state index contributed by atoms with van der Waals surface area (Å²) in [6.45, 7) is 0. The number of ether oxygens (including phenoxy) is 1. The van der Waals surface area contributed by atoms with Gasteiger partial charge in [-0.25, -0.2) is 19.9 Å². The van der Waals surface area contributed by atoms with E-state index in [1.165, 1.54) is 0 Å². The number of nitrogens with one attached hydrogen (secondary N) is 2. The van der Waals surface area contributed by atoms with Crippen LogP contribution in [0, 0.1) is 0 Å². The fraction of sp³-hybridized carbons (Fsp3) is 0. The second-order valence-corrected chi connectivity index (χ2v) is 16.1. The first-order valence-electron chi connectivity index (χ1n) is 27.4. The summed E-state index contributed by atoms with van der Waals surface area (Å²) >= 11 is 0. The first-order valence-corrected chi connectivity index (χ1v) is 22.4. The van der Waals surface area contributed by atoms with Gasteiger partial charge in [-0.2, -0.15) is 0 Å². The second kappa shape index (κ2) is 18.6. The molecule has 70 heavy (non-hydrogen) atoms. The van der Waals surface area contributed by atoms with Crippen LogP contribution in [0.1, 0.15) is 13.7 Å². The normalized spacial score (nSPS) is 13.1. The van der Waals surface area contributed by atoms with Gasteiger partial charge in [0.05, 0.1) is 47.4 Å². The number of hydrogen-bond acceptors (Lipinski definition) is 7. The molecule has 0 radical (unpaired) electrons. The smallest absolute Gasteiger partial charge is 0.167 e. The number of benzene rings is 9. The molecule has 0 unspecified atom stereocenters. The highest BCUT2D eigenvalue weighted by molar-refractivity contribution is 6.11. The molecule has 0 aliphatic heterocycles. The van der Waals surface area contributed by atoms with Gasteiger partial charge in [-0.15, -0.1) is 0 Å². The van der Waals surface area contributed by atoms with Gasteiger partial charge >= 0.3 is 0 Å². The summed E-state index contributed by atoms with van der Waals surface area (Å²) in [5.74, 6) is 2.93. The number of rotatable bonds is 12. The van der Waals surface area contributed by atoms with Crippen LogP contribution in [-0.4, -0.2) is 24.5 Å². The van der Waals surface area contributed by atoms with E-state index >= 15 is 0 Å². The Morgan fingerprint density at radius 3 is 1.67 bits per heavy atom. The van der Waals surface area contributed by atoms with Gasteiger partial charge in [0.2, 0.25) is 0 Å². The molecule has 8 heteroatoms. The molecule has 8 nitrogen and oxygen atoms in total. The number of fused-ring (bicyclic) bond motifs is 3. The largest absolute Gasteiger partial charge is 0.456 e. The molecule has 0 spiro atoms. The maximum absolute atomic E-state index is 8.97. The number of anilines is 4. The molecule has 12 aromatic rings. The summed E-state index contributed by atoms with van der Waals surface area (Å²) in [5.41, 5.74) is 5.61. The molecule has 0 aliphatic carbocycles. The number of para-hydroxylation sites is 4. The molecule has 12 rings (SSSR count). The van der Waals surface area contributed by atoms with Gasteiger partial charge < -0.3 is 15.4 Å². The Balaban J connectivity index is 0.990. The predicted octanol–water partition coefficient (Wildman–Crippen LogP) is 16.0. The molecule has 3 aromatic heterocycles. The van der Waals surface area contributed by atoms with Crippen LogP contribution in [0.25, 0.3) is 84.0 Å². The monoisotopic (exact) mass is 911 g/mol. The Bertz CT molecular complexity index is 4210. The third-order valence-corrected chi connectivity index (χ3v) is 11.7. The van der Waals surface area contributed by atoms with E-state index in [1.807, 2.05) is 133 Å². The van der Waals surface area contributed by atoms with E-state index in [4.69, 9.17) is 38.4 Å². The third kappa shape index (κ3) is 8.27. The maximum Gasteiger partial charge on any atom is 0.167 e. The minimum Gasteiger partial charge on any atom is -0.456 e. The average molecular weight is 912 g/mol. The van der Waals surface area contributed by atoms with Crippen LogP contribution in [0.15, 0.2) is 249 Å². The van der Waals surface area contributed by atoms with Crippen molar-refractivity contribution < 1.29 is 18.4 Å². The Morgan fingerprint density at radius 2 is 1.01 bits per heavy atom. The zero-order chi connectivity index (χ0) is 55.3. The molecule has 0 saturated heterocycles. The third-order valence-electron chi connectivity index (χ3n) is 11.7. The molecule has 0 atom stereocenters. The van der Waals surface area contributed by atoms with Crippen LogP contribution in [-0.2, 0) is 0 Å². The Morgan fingerprint density at radius 1 is 0.429 bits per heavy atom. The van der Waals surface area contributed by atoms with E-state index in [0.717, 1.165) is 32.9 Å². The van der Waals surface area contributed by atoms with Crippen LogP contribution >= 0.6 is 0 Å². The topological polar surface area (TPSA) is 89.8 Å². The van der Waals surface area contributed by atoms with Crippen molar-refractivity contribution in [3.63, 3.8) is 0 Å². The quantitative estimate of drug-likeness (QED) is 0.126. The maximum atomic E-state index is 8.97. The summed E-state index contributed by atoms with van der Waals surface area (Å²) in [4.78, 5) is 20.0. The summed E-state index contributed by atoms with van der Waals surface area (Å²) in [6, 6.07) is 51.3. The second-order valence-electron chi connectivity index (χ2n) is 16.1. The number of hydrogen-bond donors (Lipinski definition) is 2. The van der Waals surface area contributed by atoms with Crippen LogP contribution in [0.2, 0.25) is 0 Å². The van der Waals surface area contributed by atoms with Crippen molar-refractivity contribution in [3.05, 3.63) is 249 Å². The first kappa shape index (κ1) is 32.1. The lowest BCUT2D eigenvalue weighted by Crippen LogP contribution is -2.02. The minimum absolute atomic E-state index is 0.131. The van der Waals surface area contributed by atoms with E-state index in [0.29, 0.717) is 57.4 Å². The van der Waals surface area contributed by atoms with Crippen molar-refractivity contribution in [1.82, 2.24) is 24.5 Å². The van der Waals surface area contributed by atoms with Gasteiger partial charge in [0.25, 0.3) is 0 Å². The van der Waals surface area contributed by atoms with Crippen molar-refractivity contribution in [3.8, 4) is 73.7 Å². The summed E-state index contributed by atoms with van der Waals surface area (Å²) in [5, 5.41) is 8.81. The molecule has 0 aliphatic rings. The molecule has 9 aromatic carbocycles. The zero-order valence-corrected chi connectivity index (χ0v) is 37.0. The molecule has 0 bridgehead atoms. The fourth-order valence-corrected chi connectivity index (χ4v) is 8.55. The van der Waals surface area contributed by atoms with Gasteiger partial charge in [-0.1, -0.05) is 182 Å². The van der Waals surface area contributed by atoms with Crippen LogP contribution in [0.4, 0.5) is 22.7 Å². The van der Waals surface area contributed by atoms with Crippen LogP contribution in [0.3, 0.4) is 0 Å². The molecule has 332 valence electrons. The van der Waals surface area contributed by atoms with E-state index in [2.05, 4.69) is 33.4 Å². The standard InChI is InChI=1S/C62H43N7O/c1-5-21-42(22-6-1)48-32-20-33-49(43-23-7-2-8-24-43)59(48)65-54-35-15-14-34-53(54)64-46-29-19-30-47(39-46)70-57-41-56-51(50-31-13-16-36-55(50)69(56)58-37-17-18-38-63-58)40-52(57)62-67-60(44-25-9-3-10-26-44)66-61(68-62)45-27-11-4-12-28-45/h1-41,64-65H/i1D,2D,5D,6D,7D,8D,21D,22D,23D,24D. The number of nitrogens with zero attached hydrogens (tertiary/aromatic N) is 5. The molecular formula is C62H43N7O. The van der Waals surface area contributed by atoms with Gasteiger partial charge in [0, 0.05) is 57.0 Å². The zero-order valence-electron chi connectivity index (χ0n) is 47.0. The Kier molecular flexibility index (Phi) is 8.51. The molecule has 0 fully saturated rings. The molecule has 2 N–H and O–H groups in total. The SMILES string of the molecule is [2H]c1c([2H])c([2H])c(-c2cccc(-c3c([2H])c([2H])c([2H])c([2H])c3[2H])c2Nc2ccccc2Nc2cccc(Oc3cc4c(cc3-c3nc(-c5ccccc5)nc(-c5ccccc5)n3)c3ccccc3n4-c3ccccn3)c2)c([2H])c1[2H]. The van der Waals surface area contributed by atoms with Crippen LogP contribution < -0.4 is 15.4 Å². The van der Waals surface area contributed by atoms with Gasteiger partial charge in [-0.05, 0) is 59.7 Å². The molecule has 0 saturated carbocycles. The number of pyridine rings is 1. The van der Waals surface area contributed by atoms with E-state index in [9.17, 15) is 0 Å². The van der Waals surface area contributed by atoms with Crippen LogP contribution in [0.5, 0.6) is 11.5 Å². The lowest BCUT2D eigenvalue weighted by atomic mass is 9.95. The Labute approximate surface area is 419 Å². The lowest BCUT2D eigenvalue weighted by molar-refractivity contribution is 0.485. The fourth-order valence-electron chi connectivity index (χ4n) is 8.55. The highest BCUT2D eigenvalue weighted by atomic mass is 16.5. The van der Waals surface area contributed by atoms with E-state index in [-0.39, 0.29) is 27.9 Å². The van der Waals surface area contributed by atoms with Gasteiger partial charge in [0.1, 0.15) is 17.3 Å². The van der Waals surface area contributed by atoms with Crippen molar-refractivity contribution in [1.29, 1.82) is 0 Å². The first-order chi connectivity index (χ1) is 38.8. The highest BCUT2D eigenvalue weighted by Crippen LogP contribution is 2.43. The predicted molar refractivity (Wildman–Crippen MR) is 285 cm³/mol. The van der Waals surface area contributed by atoms with Crippen molar-refractivity contribution in [2.45, 2.75) is 0 Å². The van der Waals surface area contributed by atoms with Gasteiger partial charge in [-0.3, -0.25) is 4.57 Å². The van der Waals surface area contributed by atoms with Gasteiger partial charge in [0.15, 0.2) is 17.5 Å². The molecule has 0 amide bonds. The van der Waals surface area contributed by atoms with Crippen molar-refractivity contribution in [2.75, 3.05) is 10.6 Å². The molecular weight excluding hydrogens is 859 g/mol. The summed E-state index contributed by atoms with van der Waals surface area (Å²) in [6.07, 6.45) is 1.76. The highest BCUT2D eigenvalue weighted by Gasteiger charge is 2.22. The summed E-state index contributed by atoms with van der Waals surface area (Å²) < 4.78 is 95.8. The molecule has 3 heterocycles. The van der Waals surface area contributed by atoms with Crippen molar-refractivity contribution >= 4 is 44.6 Å². The minimum atomic E-state index is -0.578.